The molecule has 0 aromatic heterocycles. The second-order valence-corrected chi connectivity index (χ2v) is 5.27. The van der Waals surface area contributed by atoms with E-state index in [1.807, 2.05) is 6.92 Å². The van der Waals surface area contributed by atoms with E-state index in [0.717, 1.165) is 11.6 Å². The average Bonchev–Trinajstić information content (AvgIpc) is 2.40. The molecule has 0 radical (unpaired) electrons. The van der Waals surface area contributed by atoms with Crippen molar-refractivity contribution in [3.63, 3.8) is 0 Å². The molecule has 21 heavy (non-hydrogen) atoms. The van der Waals surface area contributed by atoms with Gasteiger partial charge in [-0.25, -0.2) is 4.39 Å². The van der Waals surface area contributed by atoms with Crippen LogP contribution in [0.4, 0.5) is 10.1 Å². The van der Waals surface area contributed by atoms with E-state index in [0.29, 0.717) is 4.47 Å². The zero-order chi connectivity index (χ0) is 15.6. The molecule has 0 saturated carbocycles. The van der Waals surface area contributed by atoms with Crippen LogP contribution in [0.15, 0.2) is 40.9 Å². The molecule has 1 atom stereocenters. The van der Waals surface area contributed by atoms with Crippen molar-refractivity contribution in [2.75, 3.05) is 0 Å². The lowest BCUT2D eigenvalue weighted by atomic mass is 10.1. The molecule has 0 amide bonds. The smallest absolute Gasteiger partial charge is 0.314 e. The van der Waals surface area contributed by atoms with Crippen LogP contribution in [0, 0.1) is 15.9 Å². The fourth-order valence-corrected chi connectivity index (χ4v) is 2.52. The van der Waals surface area contributed by atoms with Gasteiger partial charge in [-0.2, -0.15) is 0 Å². The summed E-state index contributed by atoms with van der Waals surface area (Å²) in [6.45, 7) is 1.82. The summed E-state index contributed by atoms with van der Waals surface area (Å²) in [6.07, 6.45) is 0. The second-order valence-electron chi connectivity index (χ2n) is 4.42. The summed E-state index contributed by atoms with van der Waals surface area (Å²) < 4.78 is 19.8. The van der Waals surface area contributed by atoms with Crippen LogP contribution < -0.4 is 10.5 Å². The third-order valence-electron chi connectivity index (χ3n) is 2.83. The molecule has 2 aromatic carbocycles. The van der Waals surface area contributed by atoms with Crippen LogP contribution in [-0.4, -0.2) is 4.92 Å². The normalized spacial score (nSPS) is 12.0. The van der Waals surface area contributed by atoms with Crippen molar-refractivity contribution in [2.45, 2.75) is 13.0 Å². The zero-order valence-electron chi connectivity index (χ0n) is 11.0. The van der Waals surface area contributed by atoms with Crippen LogP contribution in [0.5, 0.6) is 11.5 Å². The predicted octanol–water partition coefficient (Wildman–Crippen LogP) is 4.31. The van der Waals surface area contributed by atoms with Gasteiger partial charge in [0.25, 0.3) is 0 Å². The third-order valence-corrected chi connectivity index (χ3v) is 3.51. The largest absolute Gasteiger partial charge is 0.447 e. The SMILES string of the molecule is C[C@@H](N)c1ccc(Oc2c(F)cccc2[N+](=O)[O-])cc1Br. The number of nitrogens with two attached hydrogens (primary N) is 1. The fourth-order valence-electron chi connectivity index (χ4n) is 1.80. The molecule has 2 aromatic rings. The van der Waals surface area contributed by atoms with Crippen LogP contribution in [-0.2, 0) is 0 Å². The summed E-state index contributed by atoms with van der Waals surface area (Å²) in [7, 11) is 0. The first kappa shape index (κ1) is 15.4. The third kappa shape index (κ3) is 3.37. The van der Waals surface area contributed by atoms with Crippen LogP contribution >= 0.6 is 15.9 Å². The number of benzene rings is 2. The molecular weight excluding hydrogens is 343 g/mol. The van der Waals surface area contributed by atoms with Gasteiger partial charge in [-0.15, -0.1) is 0 Å². The minimum absolute atomic E-state index is 0.184. The molecule has 0 saturated heterocycles. The molecule has 7 heteroatoms. The van der Waals surface area contributed by atoms with Crippen molar-refractivity contribution in [1.29, 1.82) is 0 Å². The number of nitro groups is 1. The monoisotopic (exact) mass is 354 g/mol. The molecule has 0 heterocycles. The Labute approximate surface area is 128 Å². The van der Waals surface area contributed by atoms with Crippen molar-refractivity contribution in [2.24, 2.45) is 5.73 Å². The predicted molar refractivity (Wildman–Crippen MR) is 79.9 cm³/mol. The Morgan fingerprint density at radius 2 is 2.10 bits per heavy atom. The molecule has 2 N–H and O–H groups in total. The van der Waals surface area contributed by atoms with Crippen LogP contribution in [0.3, 0.4) is 0 Å². The number of halogens is 2. The van der Waals surface area contributed by atoms with Crippen LogP contribution in [0.1, 0.15) is 18.5 Å². The highest BCUT2D eigenvalue weighted by Gasteiger charge is 2.20. The maximum absolute atomic E-state index is 13.7. The topological polar surface area (TPSA) is 78.4 Å². The molecule has 0 fully saturated rings. The zero-order valence-corrected chi connectivity index (χ0v) is 12.6. The average molecular weight is 355 g/mol. The van der Waals surface area contributed by atoms with E-state index in [4.69, 9.17) is 10.5 Å². The van der Waals surface area contributed by atoms with Gasteiger partial charge in [0.05, 0.1) is 4.92 Å². The number of ether oxygens (including phenoxy) is 1. The lowest BCUT2D eigenvalue weighted by Gasteiger charge is -2.11. The van der Waals surface area contributed by atoms with E-state index in [1.165, 1.54) is 12.1 Å². The van der Waals surface area contributed by atoms with E-state index in [1.54, 1.807) is 18.2 Å². The van der Waals surface area contributed by atoms with Gasteiger partial charge in [0.15, 0.2) is 5.82 Å². The first-order valence-corrected chi connectivity index (χ1v) is 6.85. The van der Waals surface area contributed by atoms with Gasteiger partial charge >= 0.3 is 5.69 Å². The minimum atomic E-state index is -0.795. The fraction of sp³-hybridized carbons (Fsp3) is 0.143. The number of rotatable bonds is 4. The standard InChI is InChI=1S/C14H12BrFN2O3/c1-8(17)10-6-5-9(7-11(10)15)21-14-12(16)3-2-4-13(14)18(19)20/h2-8H,17H2,1H3/t8-/m1/s1. The summed E-state index contributed by atoms with van der Waals surface area (Å²) in [4.78, 5) is 10.2. The second kappa shape index (κ2) is 6.19. The van der Waals surface area contributed by atoms with Gasteiger partial charge in [-0.05, 0) is 30.7 Å². The quantitative estimate of drug-likeness (QED) is 0.655. The number of hydrogen-bond donors (Lipinski definition) is 1. The highest BCUT2D eigenvalue weighted by Crippen LogP contribution is 2.35. The summed E-state index contributed by atoms with van der Waals surface area (Å²) in [6, 6.07) is 8.26. The highest BCUT2D eigenvalue weighted by atomic mass is 79.9. The Balaban J connectivity index is 2.39. The molecule has 0 unspecified atom stereocenters. The van der Waals surface area contributed by atoms with Crippen LogP contribution in [0.2, 0.25) is 0 Å². The van der Waals surface area contributed by atoms with Gasteiger partial charge in [-0.1, -0.05) is 28.1 Å². The molecular formula is C14H12BrFN2O3. The van der Waals surface area contributed by atoms with E-state index in [-0.39, 0.29) is 11.8 Å². The summed E-state index contributed by atoms with van der Waals surface area (Å²) >= 11 is 3.34. The van der Waals surface area contributed by atoms with Crippen molar-refractivity contribution in [3.8, 4) is 11.5 Å². The Morgan fingerprint density at radius 3 is 2.67 bits per heavy atom. The van der Waals surface area contributed by atoms with E-state index in [9.17, 15) is 14.5 Å². The molecule has 5 nitrogen and oxygen atoms in total. The van der Waals surface area contributed by atoms with Crippen molar-refractivity contribution >= 4 is 21.6 Å². The van der Waals surface area contributed by atoms with Gasteiger partial charge < -0.3 is 10.5 Å². The molecule has 0 spiro atoms. The van der Waals surface area contributed by atoms with Gasteiger partial charge in [0, 0.05) is 16.6 Å². The molecule has 0 aliphatic rings. The number of nitrogens with zero attached hydrogens (tertiary/aromatic N) is 1. The Morgan fingerprint density at radius 1 is 1.38 bits per heavy atom. The lowest BCUT2D eigenvalue weighted by Crippen LogP contribution is -2.05. The van der Waals surface area contributed by atoms with E-state index < -0.39 is 22.2 Å². The maximum Gasteiger partial charge on any atom is 0.314 e. The lowest BCUT2D eigenvalue weighted by molar-refractivity contribution is -0.385. The van der Waals surface area contributed by atoms with Gasteiger partial charge in [0.2, 0.25) is 5.75 Å². The van der Waals surface area contributed by atoms with Crippen LogP contribution in [0.25, 0.3) is 0 Å². The summed E-state index contributed by atoms with van der Waals surface area (Å²) in [5, 5.41) is 10.9. The summed E-state index contributed by atoms with van der Waals surface area (Å²) in [5.41, 5.74) is 6.21. The number of hydrogen-bond acceptors (Lipinski definition) is 4. The Bertz CT molecular complexity index is 692. The molecule has 0 bridgehead atoms. The van der Waals surface area contributed by atoms with E-state index in [2.05, 4.69) is 15.9 Å². The highest BCUT2D eigenvalue weighted by molar-refractivity contribution is 9.10. The maximum atomic E-state index is 13.7. The van der Waals surface area contributed by atoms with Gasteiger partial charge in [-0.3, -0.25) is 10.1 Å². The Kier molecular flexibility index (Phi) is 4.54. The Hall–Kier alpha value is -1.99. The van der Waals surface area contributed by atoms with Gasteiger partial charge in [0.1, 0.15) is 5.75 Å². The minimum Gasteiger partial charge on any atom is -0.447 e. The first-order valence-electron chi connectivity index (χ1n) is 6.06. The molecule has 0 aliphatic carbocycles. The summed E-state index contributed by atoms with van der Waals surface area (Å²) in [5.74, 6) is -0.931. The molecule has 0 aliphatic heterocycles. The molecule has 110 valence electrons. The first-order chi connectivity index (χ1) is 9.90. The van der Waals surface area contributed by atoms with Crippen molar-refractivity contribution in [3.05, 3.63) is 62.4 Å². The van der Waals surface area contributed by atoms with Crippen molar-refractivity contribution in [1.82, 2.24) is 0 Å². The number of nitro benzene ring substituents is 1. The molecule has 2 rings (SSSR count). The van der Waals surface area contributed by atoms with Crippen molar-refractivity contribution < 1.29 is 14.1 Å². The number of para-hydroxylation sites is 1. The van der Waals surface area contributed by atoms with E-state index >= 15 is 0 Å².